The van der Waals surface area contributed by atoms with E-state index in [1.165, 1.54) is 7.11 Å². The first-order valence-electron chi connectivity index (χ1n) is 10.0. The van der Waals surface area contributed by atoms with Crippen molar-refractivity contribution in [3.8, 4) is 34.3 Å². The fourth-order valence-electron chi connectivity index (χ4n) is 3.84. The molecule has 0 saturated carbocycles. The molecule has 3 heterocycles. The number of hydrogen-bond donors (Lipinski definition) is 1. The van der Waals surface area contributed by atoms with Crippen LogP contribution >= 0.6 is 0 Å². The Balaban J connectivity index is 1.70. The van der Waals surface area contributed by atoms with E-state index in [1.54, 1.807) is 12.1 Å². The summed E-state index contributed by atoms with van der Waals surface area (Å²) in [7, 11) is 3.53. The fraction of sp³-hybridized carbons (Fsp3) is 0.208. The van der Waals surface area contributed by atoms with Gasteiger partial charge >= 0.3 is 0 Å². The summed E-state index contributed by atoms with van der Waals surface area (Å²) in [6, 6.07) is 15.2. The Morgan fingerprint density at radius 3 is 2.65 bits per heavy atom. The molecule has 1 N–H and O–H groups in total. The second kappa shape index (κ2) is 7.43. The first kappa shape index (κ1) is 19.1. The summed E-state index contributed by atoms with van der Waals surface area (Å²) in [6.45, 7) is 3.14. The van der Waals surface area contributed by atoms with Gasteiger partial charge in [0.2, 0.25) is 0 Å². The number of nitrogens with zero attached hydrogens (tertiary/aromatic N) is 3. The molecule has 4 aromatic rings. The molecule has 2 aromatic carbocycles. The number of rotatable bonds is 4. The lowest BCUT2D eigenvalue weighted by molar-refractivity contribution is 0.171. The monoisotopic (exact) mass is 417 g/mol. The molecule has 0 saturated heterocycles. The molecule has 0 amide bonds. The molecular weight excluding hydrogens is 394 g/mol. The smallest absolute Gasteiger partial charge is 0.163 e. The predicted molar refractivity (Wildman–Crippen MR) is 119 cm³/mol. The van der Waals surface area contributed by atoms with Gasteiger partial charge in [-0.25, -0.2) is 4.98 Å². The zero-order chi connectivity index (χ0) is 21.5. The SMILES string of the molecule is COc1cc(-c2nc3ccc(C)cn3c2N(C)c2ccc3c(c2)OCCO3)ccc1O. The van der Waals surface area contributed by atoms with Crippen LogP contribution in [0.3, 0.4) is 0 Å². The van der Waals surface area contributed by atoms with Gasteiger partial charge in [-0.15, -0.1) is 0 Å². The van der Waals surface area contributed by atoms with Crippen LogP contribution in [0.1, 0.15) is 5.56 Å². The number of imidazole rings is 1. The van der Waals surface area contributed by atoms with Crippen LogP contribution in [0.25, 0.3) is 16.9 Å². The van der Waals surface area contributed by atoms with Crippen molar-refractivity contribution in [1.82, 2.24) is 9.38 Å². The Labute approximate surface area is 180 Å². The lowest BCUT2D eigenvalue weighted by Gasteiger charge is -2.24. The minimum Gasteiger partial charge on any atom is -0.504 e. The molecule has 5 rings (SSSR count). The number of anilines is 2. The predicted octanol–water partition coefficient (Wildman–Crippen LogP) is 4.56. The van der Waals surface area contributed by atoms with Crippen molar-refractivity contribution < 1.29 is 19.3 Å². The van der Waals surface area contributed by atoms with Crippen molar-refractivity contribution in [2.75, 3.05) is 32.3 Å². The van der Waals surface area contributed by atoms with Crippen LogP contribution in [0.5, 0.6) is 23.0 Å². The van der Waals surface area contributed by atoms with Gasteiger partial charge in [0.25, 0.3) is 0 Å². The second-order valence-corrected chi connectivity index (χ2v) is 7.49. The number of phenolic OH excluding ortho intramolecular Hbond substituents is 1. The quantitative estimate of drug-likeness (QED) is 0.525. The summed E-state index contributed by atoms with van der Waals surface area (Å²) in [4.78, 5) is 6.97. The third-order valence-corrected chi connectivity index (χ3v) is 5.43. The number of fused-ring (bicyclic) bond motifs is 2. The number of pyridine rings is 1. The Bertz CT molecular complexity index is 1280. The molecule has 0 fully saturated rings. The first-order valence-corrected chi connectivity index (χ1v) is 10.0. The van der Waals surface area contributed by atoms with Crippen molar-refractivity contribution >= 4 is 17.2 Å². The van der Waals surface area contributed by atoms with E-state index in [4.69, 9.17) is 19.2 Å². The molecule has 0 unspecified atom stereocenters. The first-order chi connectivity index (χ1) is 15.0. The van der Waals surface area contributed by atoms with Crippen molar-refractivity contribution in [1.29, 1.82) is 0 Å². The highest BCUT2D eigenvalue weighted by Crippen LogP contribution is 2.40. The molecule has 31 heavy (non-hydrogen) atoms. The van der Waals surface area contributed by atoms with Crippen LogP contribution in [-0.2, 0) is 0 Å². The van der Waals surface area contributed by atoms with Crippen molar-refractivity contribution in [3.05, 3.63) is 60.3 Å². The Hall–Kier alpha value is -3.87. The fourth-order valence-corrected chi connectivity index (χ4v) is 3.84. The van der Waals surface area contributed by atoms with E-state index in [9.17, 15) is 5.11 Å². The van der Waals surface area contributed by atoms with Gasteiger partial charge in [0.05, 0.1) is 7.11 Å². The number of hydrogen-bond acceptors (Lipinski definition) is 6. The van der Waals surface area contributed by atoms with Gasteiger partial charge in [-0.2, -0.15) is 0 Å². The molecule has 0 spiro atoms. The van der Waals surface area contributed by atoms with Crippen LogP contribution < -0.4 is 19.1 Å². The van der Waals surface area contributed by atoms with Gasteiger partial charge in [0.15, 0.2) is 23.0 Å². The van der Waals surface area contributed by atoms with Gasteiger partial charge in [0, 0.05) is 30.6 Å². The minimum absolute atomic E-state index is 0.0904. The summed E-state index contributed by atoms with van der Waals surface area (Å²) < 4.78 is 18.8. The molecule has 0 bridgehead atoms. The maximum Gasteiger partial charge on any atom is 0.163 e. The molecule has 158 valence electrons. The molecule has 0 aliphatic carbocycles. The highest BCUT2D eigenvalue weighted by Gasteiger charge is 2.22. The summed E-state index contributed by atoms with van der Waals surface area (Å²) in [5.74, 6) is 2.86. The maximum absolute atomic E-state index is 10.0. The van der Waals surface area contributed by atoms with E-state index < -0.39 is 0 Å². The summed E-state index contributed by atoms with van der Waals surface area (Å²) >= 11 is 0. The summed E-state index contributed by atoms with van der Waals surface area (Å²) in [5.41, 5.74) is 4.51. The zero-order valence-electron chi connectivity index (χ0n) is 17.6. The van der Waals surface area contributed by atoms with E-state index in [2.05, 4.69) is 22.4 Å². The van der Waals surface area contributed by atoms with Crippen LogP contribution in [0.15, 0.2) is 54.7 Å². The third-order valence-electron chi connectivity index (χ3n) is 5.43. The van der Waals surface area contributed by atoms with Gasteiger partial charge in [-0.05, 0) is 48.9 Å². The average molecular weight is 417 g/mol. The average Bonchev–Trinajstić information content (AvgIpc) is 3.17. The molecule has 0 atom stereocenters. The van der Waals surface area contributed by atoms with Crippen molar-refractivity contribution in [2.45, 2.75) is 6.92 Å². The molecule has 1 aliphatic heterocycles. The molecule has 7 heteroatoms. The zero-order valence-corrected chi connectivity index (χ0v) is 17.6. The van der Waals surface area contributed by atoms with E-state index in [-0.39, 0.29) is 5.75 Å². The number of methoxy groups -OCH3 is 1. The summed E-state index contributed by atoms with van der Waals surface area (Å²) in [6.07, 6.45) is 2.06. The number of benzene rings is 2. The van der Waals surface area contributed by atoms with Crippen molar-refractivity contribution in [3.63, 3.8) is 0 Å². The second-order valence-electron chi connectivity index (χ2n) is 7.49. The van der Waals surface area contributed by atoms with Gasteiger partial charge < -0.3 is 24.2 Å². The van der Waals surface area contributed by atoms with Crippen LogP contribution in [-0.4, -0.2) is 41.9 Å². The maximum atomic E-state index is 10.0. The normalized spacial score (nSPS) is 12.7. The summed E-state index contributed by atoms with van der Waals surface area (Å²) in [5, 5.41) is 10.0. The molecule has 7 nitrogen and oxygen atoms in total. The molecule has 2 aromatic heterocycles. The lowest BCUT2D eigenvalue weighted by atomic mass is 10.1. The van der Waals surface area contributed by atoms with Gasteiger partial charge in [0.1, 0.15) is 30.4 Å². The Morgan fingerprint density at radius 2 is 1.84 bits per heavy atom. The Morgan fingerprint density at radius 1 is 1.03 bits per heavy atom. The standard InChI is InChI=1S/C24H23N3O4/c1-15-4-9-22-25-23(16-5-7-18(28)20(12-16)29-3)24(27(22)14-15)26(2)17-6-8-19-21(13-17)31-11-10-30-19/h4-9,12-14,28H,10-11H2,1-3H3. The van der Waals surface area contributed by atoms with E-state index >= 15 is 0 Å². The van der Waals surface area contributed by atoms with Crippen LogP contribution in [0, 0.1) is 6.92 Å². The highest BCUT2D eigenvalue weighted by atomic mass is 16.6. The van der Waals surface area contributed by atoms with Gasteiger partial charge in [-0.3, -0.25) is 4.40 Å². The minimum atomic E-state index is 0.0904. The molecule has 0 radical (unpaired) electrons. The van der Waals surface area contributed by atoms with Crippen LogP contribution in [0.2, 0.25) is 0 Å². The Kier molecular flexibility index (Phi) is 4.58. The molecular formula is C24H23N3O4. The van der Waals surface area contributed by atoms with E-state index in [1.807, 2.05) is 43.4 Å². The molecule has 1 aliphatic rings. The van der Waals surface area contributed by atoms with Gasteiger partial charge in [-0.1, -0.05) is 6.07 Å². The lowest BCUT2D eigenvalue weighted by Crippen LogP contribution is -2.17. The number of aryl methyl sites for hydroxylation is 1. The number of aromatic nitrogens is 2. The number of ether oxygens (including phenoxy) is 3. The van der Waals surface area contributed by atoms with E-state index in [0.29, 0.717) is 19.0 Å². The van der Waals surface area contributed by atoms with Crippen LogP contribution in [0.4, 0.5) is 11.5 Å². The largest absolute Gasteiger partial charge is 0.504 e. The van der Waals surface area contributed by atoms with Crippen molar-refractivity contribution in [2.24, 2.45) is 0 Å². The van der Waals surface area contributed by atoms with E-state index in [0.717, 1.165) is 45.5 Å². The third kappa shape index (κ3) is 3.28. The highest BCUT2D eigenvalue weighted by molar-refractivity contribution is 5.82. The number of aromatic hydroxyl groups is 1. The topological polar surface area (TPSA) is 68.5 Å². The number of phenols is 1.